The molecule has 2 unspecified atom stereocenters. The lowest BCUT2D eigenvalue weighted by atomic mass is 9.87. The Morgan fingerprint density at radius 1 is 1.25 bits per heavy atom. The van der Waals surface area contributed by atoms with Crippen LogP contribution in [0, 0.1) is 5.92 Å². The molecular weight excluding hydrogens is 246 g/mol. The predicted octanol–water partition coefficient (Wildman–Crippen LogP) is 4.49. The fraction of sp³-hybridized carbons (Fsp3) is 0.667. The zero-order valence-electron chi connectivity index (χ0n) is 13.4. The van der Waals surface area contributed by atoms with Crippen molar-refractivity contribution in [3.63, 3.8) is 0 Å². The van der Waals surface area contributed by atoms with Crippen molar-refractivity contribution in [2.24, 2.45) is 5.92 Å². The second kappa shape index (κ2) is 7.12. The van der Waals surface area contributed by atoms with Crippen LogP contribution in [0.3, 0.4) is 0 Å². The van der Waals surface area contributed by atoms with E-state index in [0.29, 0.717) is 18.1 Å². The average molecular weight is 275 g/mol. The van der Waals surface area contributed by atoms with E-state index in [-0.39, 0.29) is 0 Å². The Labute approximate surface area is 123 Å². The molecule has 0 fully saturated rings. The zero-order chi connectivity index (χ0) is 14.5. The molecule has 20 heavy (non-hydrogen) atoms. The van der Waals surface area contributed by atoms with E-state index in [9.17, 15) is 0 Å². The van der Waals surface area contributed by atoms with Gasteiger partial charge in [-0.15, -0.1) is 0 Å². The lowest BCUT2D eigenvalue weighted by molar-refractivity contribution is 0.254. The SMILES string of the molecule is CCCNC(c1ccc2c(c1)CC(C)O2)C(CC)CC. The van der Waals surface area contributed by atoms with Crippen molar-refractivity contribution in [3.05, 3.63) is 29.3 Å². The summed E-state index contributed by atoms with van der Waals surface area (Å²) in [5.74, 6) is 1.79. The van der Waals surface area contributed by atoms with Crippen LogP contribution >= 0.6 is 0 Å². The van der Waals surface area contributed by atoms with Gasteiger partial charge in [0.15, 0.2) is 0 Å². The molecule has 1 aliphatic heterocycles. The molecule has 1 heterocycles. The third kappa shape index (κ3) is 3.35. The molecule has 1 N–H and O–H groups in total. The highest BCUT2D eigenvalue weighted by Gasteiger charge is 2.24. The van der Waals surface area contributed by atoms with E-state index in [0.717, 1.165) is 18.7 Å². The lowest BCUT2D eigenvalue weighted by Crippen LogP contribution is -2.28. The van der Waals surface area contributed by atoms with E-state index in [4.69, 9.17) is 4.74 Å². The minimum Gasteiger partial charge on any atom is -0.490 e. The average Bonchev–Trinajstić information content (AvgIpc) is 2.82. The molecule has 1 aromatic rings. The van der Waals surface area contributed by atoms with Crippen molar-refractivity contribution in [3.8, 4) is 5.75 Å². The molecule has 1 aromatic carbocycles. The fourth-order valence-corrected chi connectivity index (χ4v) is 3.25. The van der Waals surface area contributed by atoms with Gasteiger partial charge in [0.05, 0.1) is 0 Å². The molecular formula is C18H29NO. The minimum absolute atomic E-state index is 0.329. The highest BCUT2D eigenvalue weighted by molar-refractivity contribution is 5.41. The summed E-state index contributed by atoms with van der Waals surface area (Å²) in [7, 11) is 0. The van der Waals surface area contributed by atoms with E-state index in [2.05, 4.69) is 51.2 Å². The van der Waals surface area contributed by atoms with Crippen LogP contribution in [0.15, 0.2) is 18.2 Å². The first-order chi connectivity index (χ1) is 9.69. The highest BCUT2D eigenvalue weighted by atomic mass is 16.5. The van der Waals surface area contributed by atoms with Gasteiger partial charge in [-0.05, 0) is 43.0 Å². The lowest BCUT2D eigenvalue weighted by Gasteiger charge is -2.27. The van der Waals surface area contributed by atoms with Gasteiger partial charge in [0.25, 0.3) is 0 Å². The van der Waals surface area contributed by atoms with Gasteiger partial charge in [-0.25, -0.2) is 0 Å². The molecule has 0 amide bonds. The van der Waals surface area contributed by atoms with Crippen molar-refractivity contribution in [1.82, 2.24) is 5.32 Å². The van der Waals surface area contributed by atoms with E-state index in [1.165, 1.54) is 30.4 Å². The van der Waals surface area contributed by atoms with E-state index in [1.54, 1.807) is 0 Å². The van der Waals surface area contributed by atoms with Crippen molar-refractivity contribution in [2.45, 2.75) is 65.5 Å². The topological polar surface area (TPSA) is 21.3 Å². The highest BCUT2D eigenvalue weighted by Crippen LogP contribution is 2.34. The molecule has 0 aliphatic carbocycles. The maximum atomic E-state index is 5.82. The zero-order valence-corrected chi connectivity index (χ0v) is 13.4. The van der Waals surface area contributed by atoms with Gasteiger partial charge >= 0.3 is 0 Å². The Balaban J connectivity index is 2.22. The smallest absolute Gasteiger partial charge is 0.123 e. The maximum absolute atomic E-state index is 5.82. The van der Waals surface area contributed by atoms with E-state index >= 15 is 0 Å². The standard InChI is InChI=1S/C18H29NO/c1-5-10-19-18(14(6-2)7-3)15-8-9-17-16(12-15)11-13(4)20-17/h8-9,12-14,18-19H,5-7,10-11H2,1-4H3. The van der Waals surface area contributed by atoms with Crippen LogP contribution in [0.5, 0.6) is 5.75 Å². The summed E-state index contributed by atoms with van der Waals surface area (Å²) in [6.07, 6.45) is 5.01. The first kappa shape index (κ1) is 15.4. The second-order valence-corrected chi connectivity index (χ2v) is 6.01. The predicted molar refractivity (Wildman–Crippen MR) is 85.3 cm³/mol. The Morgan fingerprint density at radius 2 is 2.00 bits per heavy atom. The Morgan fingerprint density at radius 3 is 2.65 bits per heavy atom. The van der Waals surface area contributed by atoms with Crippen LogP contribution in [0.25, 0.3) is 0 Å². The Bertz CT molecular complexity index is 425. The summed E-state index contributed by atoms with van der Waals surface area (Å²) in [5.41, 5.74) is 2.81. The summed E-state index contributed by atoms with van der Waals surface area (Å²) in [6.45, 7) is 10.1. The number of nitrogens with one attached hydrogen (secondary N) is 1. The van der Waals surface area contributed by atoms with Crippen LogP contribution in [0.4, 0.5) is 0 Å². The number of rotatable bonds is 7. The van der Waals surface area contributed by atoms with Crippen molar-refractivity contribution in [1.29, 1.82) is 0 Å². The molecule has 0 saturated heterocycles. The maximum Gasteiger partial charge on any atom is 0.123 e. The Kier molecular flexibility index (Phi) is 5.47. The molecule has 0 radical (unpaired) electrons. The monoisotopic (exact) mass is 275 g/mol. The van der Waals surface area contributed by atoms with Gasteiger partial charge in [0.2, 0.25) is 0 Å². The summed E-state index contributed by atoms with van der Waals surface area (Å²) >= 11 is 0. The van der Waals surface area contributed by atoms with Gasteiger partial charge in [0.1, 0.15) is 11.9 Å². The minimum atomic E-state index is 0.329. The summed E-state index contributed by atoms with van der Waals surface area (Å²) in [6, 6.07) is 7.26. The molecule has 2 atom stereocenters. The van der Waals surface area contributed by atoms with Gasteiger partial charge in [-0.1, -0.05) is 45.7 Å². The van der Waals surface area contributed by atoms with Gasteiger partial charge in [-0.3, -0.25) is 0 Å². The Hall–Kier alpha value is -1.02. The molecule has 0 spiro atoms. The first-order valence-corrected chi connectivity index (χ1v) is 8.22. The molecule has 0 saturated carbocycles. The van der Waals surface area contributed by atoms with Crippen LogP contribution < -0.4 is 10.1 Å². The number of hydrogen-bond donors (Lipinski definition) is 1. The number of benzene rings is 1. The summed E-state index contributed by atoms with van der Waals surface area (Å²) in [4.78, 5) is 0. The van der Waals surface area contributed by atoms with Gasteiger partial charge < -0.3 is 10.1 Å². The van der Waals surface area contributed by atoms with Crippen LogP contribution in [-0.4, -0.2) is 12.6 Å². The summed E-state index contributed by atoms with van der Waals surface area (Å²) in [5, 5.41) is 3.75. The first-order valence-electron chi connectivity index (χ1n) is 8.22. The van der Waals surface area contributed by atoms with Crippen molar-refractivity contribution >= 4 is 0 Å². The molecule has 2 rings (SSSR count). The molecule has 1 aliphatic rings. The van der Waals surface area contributed by atoms with Crippen LogP contribution in [0.1, 0.15) is 64.1 Å². The molecule has 0 aromatic heterocycles. The number of fused-ring (bicyclic) bond motifs is 1. The van der Waals surface area contributed by atoms with Crippen LogP contribution in [0.2, 0.25) is 0 Å². The van der Waals surface area contributed by atoms with Gasteiger partial charge in [0, 0.05) is 12.5 Å². The molecule has 112 valence electrons. The largest absolute Gasteiger partial charge is 0.490 e. The molecule has 2 nitrogen and oxygen atoms in total. The van der Waals surface area contributed by atoms with E-state index < -0.39 is 0 Å². The fourth-order valence-electron chi connectivity index (χ4n) is 3.25. The van der Waals surface area contributed by atoms with Crippen molar-refractivity contribution < 1.29 is 4.74 Å². The van der Waals surface area contributed by atoms with Gasteiger partial charge in [-0.2, -0.15) is 0 Å². The number of ether oxygens (including phenoxy) is 1. The molecule has 0 bridgehead atoms. The quantitative estimate of drug-likeness (QED) is 0.792. The van der Waals surface area contributed by atoms with Crippen molar-refractivity contribution in [2.75, 3.05) is 6.54 Å². The normalized spacial score (nSPS) is 18.9. The number of hydrogen-bond acceptors (Lipinski definition) is 2. The summed E-state index contributed by atoms with van der Waals surface area (Å²) < 4.78 is 5.82. The third-order valence-corrected chi connectivity index (χ3v) is 4.41. The van der Waals surface area contributed by atoms with Crippen LogP contribution in [-0.2, 0) is 6.42 Å². The third-order valence-electron chi connectivity index (χ3n) is 4.41. The second-order valence-electron chi connectivity index (χ2n) is 6.01. The van der Waals surface area contributed by atoms with E-state index in [1.807, 2.05) is 0 Å². The molecule has 2 heteroatoms.